The maximum atomic E-state index is 12.5. The molecule has 0 saturated carbocycles. The van der Waals surface area contributed by atoms with E-state index in [1.165, 1.54) is 7.11 Å². The van der Waals surface area contributed by atoms with E-state index in [1.54, 1.807) is 6.07 Å². The lowest BCUT2D eigenvalue weighted by atomic mass is 9.95. The molecule has 35 heavy (non-hydrogen) atoms. The lowest BCUT2D eigenvalue weighted by Crippen LogP contribution is -2.05. The summed E-state index contributed by atoms with van der Waals surface area (Å²) in [6.07, 6.45) is 5.54. The molecule has 5 rings (SSSR count). The van der Waals surface area contributed by atoms with Crippen LogP contribution in [0.25, 0.3) is 28.0 Å². The predicted molar refractivity (Wildman–Crippen MR) is 133 cm³/mol. The number of carbonyl (C=O) groups is 1. The van der Waals surface area contributed by atoms with Crippen LogP contribution in [-0.2, 0) is 17.6 Å². The molecule has 8 nitrogen and oxygen atoms in total. The molecule has 3 aromatic heterocycles. The van der Waals surface area contributed by atoms with E-state index in [-0.39, 0.29) is 5.97 Å². The van der Waals surface area contributed by atoms with Crippen LogP contribution in [0.2, 0.25) is 0 Å². The largest absolute Gasteiger partial charge is 0.465 e. The third-order valence-electron chi connectivity index (χ3n) is 6.17. The monoisotopic (exact) mass is 466 g/mol. The van der Waals surface area contributed by atoms with Gasteiger partial charge in [-0.15, -0.1) is 10.2 Å². The van der Waals surface area contributed by atoms with Gasteiger partial charge in [-0.2, -0.15) is 10.3 Å². The molecule has 0 bridgehead atoms. The van der Waals surface area contributed by atoms with Crippen LogP contribution >= 0.6 is 0 Å². The maximum absolute atomic E-state index is 12.5. The molecular weight excluding hydrogens is 440 g/mol. The summed E-state index contributed by atoms with van der Waals surface area (Å²) in [4.78, 5) is 12.5. The second-order valence-corrected chi connectivity index (χ2v) is 8.39. The van der Waals surface area contributed by atoms with Gasteiger partial charge in [-0.25, -0.2) is 9.31 Å². The highest BCUT2D eigenvalue weighted by molar-refractivity contribution is 5.98. The fourth-order valence-electron chi connectivity index (χ4n) is 4.43. The lowest BCUT2D eigenvalue weighted by Gasteiger charge is -2.09. The molecule has 3 heterocycles. The van der Waals surface area contributed by atoms with Crippen LogP contribution in [0.4, 0.5) is 0 Å². The predicted octanol–water partition coefficient (Wildman–Crippen LogP) is 4.90. The zero-order valence-corrected chi connectivity index (χ0v) is 19.7. The molecule has 0 fully saturated rings. The van der Waals surface area contributed by atoms with E-state index in [0.29, 0.717) is 17.8 Å². The van der Waals surface area contributed by atoms with Crippen molar-refractivity contribution in [3.63, 3.8) is 0 Å². The number of hydrogen-bond donors (Lipinski definition) is 1. The molecule has 5 aromatic rings. The summed E-state index contributed by atoms with van der Waals surface area (Å²) in [5.74, 6) is 0.208. The zero-order chi connectivity index (χ0) is 24.2. The molecule has 0 unspecified atom stereocenters. The number of aryl methyl sites for hydroxylation is 1. The molecule has 176 valence electrons. The Labute approximate surface area is 203 Å². The Hall–Kier alpha value is -4.33. The first kappa shape index (κ1) is 22.5. The van der Waals surface area contributed by atoms with Gasteiger partial charge in [0.05, 0.1) is 23.9 Å². The van der Waals surface area contributed by atoms with Crippen molar-refractivity contribution in [3.05, 3.63) is 89.2 Å². The number of unbranched alkanes of at least 4 members (excludes halogenated alkanes) is 1. The maximum Gasteiger partial charge on any atom is 0.340 e. The van der Waals surface area contributed by atoms with Crippen LogP contribution in [0.3, 0.4) is 0 Å². The highest BCUT2D eigenvalue weighted by atomic mass is 16.5. The summed E-state index contributed by atoms with van der Waals surface area (Å²) in [5, 5.41) is 19.3. The smallest absolute Gasteiger partial charge is 0.340 e. The van der Waals surface area contributed by atoms with Crippen LogP contribution in [0, 0.1) is 0 Å². The van der Waals surface area contributed by atoms with Crippen molar-refractivity contribution < 1.29 is 9.53 Å². The number of pyridine rings is 1. The van der Waals surface area contributed by atoms with Crippen molar-refractivity contribution >= 4 is 11.5 Å². The van der Waals surface area contributed by atoms with Crippen LogP contribution in [0.15, 0.2) is 66.9 Å². The van der Waals surface area contributed by atoms with E-state index in [1.807, 2.05) is 35.0 Å². The molecule has 0 aliphatic heterocycles. The number of rotatable bonds is 8. The van der Waals surface area contributed by atoms with E-state index in [0.717, 1.165) is 58.3 Å². The van der Waals surface area contributed by atoms with E-state index < -0.39 is 0 Å². The van der Waals surface area contributed by atoms with Crippen molar-refractivity contribution in [1.82, 2.24) is 30.2 Å². The average Bonchev–Trinajstić information content (AvgIpc) is 3.56. The van der Waals surface area contributed by atoms with Gasteiger partial charge in [0, 0.05) is 23.7 Å². The van der Waals surface area contributed by atoms with E-state index in [4.69, 9.17) is 9.84 Å². The SMILES string of the molecule is CCCCc1nn2cccc(C(=O)OC)c2c1Cc1ccc(-c2ccccc2-c2nn[nH]n2)cc1. The molecule has 2 aromatic carbocycles. The Balaban J connectivity index is 1.52. The number of aromatic amines is 1. The molecule has 0 aliphatic carbocycles. The number of methoxy groups -OCH3 is 1. The quantitative estimate of drug-likeness (QED) is 0.327. The molecule has 0 spiro atoms. The van der Waals surface area contributed by atoms with Gasteiger partial charge in [0.15, 0.2) is 0 Å². The van der Waals surface area contributed by atoms with Crippen molar-refractivity contribution in [1.29, 1.82) is 0 Å². The normalized spacial score (nSPS) is 11.1. The average molecular weight is 467 g/mol. The number of ether oxygens (including phenoxy) is 1. The third kappa shape index (κ3) is 4.42. The summed E-state index contributed by atoms with van der Waals surface area (Å²) in [7, 11) is 1.41. The molecule has 0 atom stereocenters. The number of fused-ring (bicyclic) bond motifs is 1. The second kappa shape index (κ2) is 9.89. The van der Waals surface area contributed by atoms with Gasteiger partial charge < -0.3 is 4.74 Å². The Morgan fingerprint density at radius 1 is 1.03 bits per heavy atom. The van der Waals surface area contributed by atoms with Gasteiger partial charge >= 0.3 is 5.97 Å². The van der Waals surface area contributed by atoms with Crippen LogP contribution in [-0.4, -0.2) is 43.3 Å². The van der Waals surface area contributed by atoms with Gasteiger partial charge in [-0.05, 0) is 46.9 Å². The van der Waals surface area contributed by atoms with Gasteiger partial charge in [0.25, 0.3) is 0 Å². The van der Waals surface area contributed by atoms with E-state index in [2.05, 4.69) is 57.9 Å². The first-order valence-corrected chi connectivity index (χ1v) is 11.7. The Bertz CT molecular complexity index is 1460. The minimum absolute atomic E-state index is 0.354. The number of benzene rings is 2. The van der Waals surface area contributed by atoms with Gasteiger partial charge in [0.2, 0.25) is 5.82 Å². The number of nitrogens with zero attached hydrogens (tertiary/aromatic N) is 5. The second-order valence-electron chi connectivity index (χ2n) is 8.39. The van der Waals surface area contributed by atoms with Crippen LogP contribution in [0.1, 0.15) is 46.9 Å². The highest BCUT2D eigenvalue weighted by Gasteiger charge is 2.20. The van der Waals surface area contributed by atoms with Gasteiger partial charge in [0.1, 0.15) is 0 Å². The number of H-pyrrole nitrogens is 1. The Morgan fingerprint density at radius 2 is 1.83 bits per heavy atom. The molecule has 0 saturated heterocycles. The summed E-state index contributed by atoms with van der Waals surface area (Å²) in [5.41, 5.74) is 7.60. The minimum atomic E-state index is -0.354. The summed E-state index contributed by atoms with van der Waals surface area (Å²) >= 11 is 0. The Kier molecular flexibility index (Phi) is 6.34. The number of esters is 1. The number of aromatic nitrogens is 6. The highest BCUT2D eigenvalue weighted by Crippen LogP contribution is 2.31. The molecule has 8 heteroatoms. The summed E-state index contributed by atoms with van der Waals surface area (Å²) < 4.78 is 6.86. The number of carbonyl (C=O) groups excluding carboxylic acids is 1. The standard InChI is InChI=1S/C27H26N6O2/c1-3-4-11-24-23(25-22(27(34)35-2)10-7-16-33(25)30-24)17-18-12-14-19(15-13-18)20-8-5-6-9-21(20)26-28-31-32-29-26/h5-10,12-16H,3-4,11,17H2,1-2H3,(H,28,29,31,32). The fourth-order valence-corrected chi connectivity index (χ4v) is 4.43. The summed E-state index contributed by atoms with van der Waals surface area (Å²) in [6, 6.07) is 20.1. The van der Waals surface area contributed by atoms with Gasteiger partial charge in [-0.1, -0.05) is 61.9 Å². The topological polar surface area (TPSA) is 98.1 Å². The fraction of sp³-hybridized carbons (Fsp3) is 0.222. The number of nitrogens with one attached hydrogen (secondary N) is 1. The lowest BCUT2D eigenvalue weighted by molar-refractivity contribution is 0.0602. The number of tetrazole rings is 1. The number of hydrogen-bond acceptors (Lipinski definition) is 6. The molecule has 0 radical (unpaired) electrons. The van der Waals surface area contributed by atoms with Crippen molar-refractivity contribution in [3.8, 4) is 22.5 Å². The van der Waals surface area contributed by atoms with Crippen molar-refractivity contribution in [2.75, 3.05) is 7.11 Å². The van der Waals surface area contributed by atoms with E-state index >= 15 is 0 Å². The molecule has 0 amide bonds. The van der Waals surface area contributed by atoms with Crippen LogP contribution in [0.5, 0.6) is 0 Å². The first-order valence-electron chi connectivity index (χ1n) is 11.7. The third-order valence-corrected chi connectivity index (χ3v) is 6.17. The van der Waals surface area contributed by atoms with Gasteiger partial charge in [-0.3, -0.25) is 0 Å². The van der Waals surface area contributed by atoms with Crippen molar-refractivity contribution in [2.24, 2.45) is 0 Å². The zero-order valence-electron chi connectivity index (χ0n) is 19.7. The van der Waals surface area contributed by atoms with Crippen molar-refractivity contribution in [2.45, 2.75) is 32.6 Å². The Morgan fingerprint density at radius 3 is 2.54 bits per heavy atom. The van der Waals surface area contributed by atoms with Crippen LogP contribution < -0.4 is 0 Å². The summed E-state index contributed by atoms with van der Waals surface area (Å²) in [6.45, 7) is 2.17. The molecule has 0 aliphatic rings. The molecular formula is C27H26N6O2. The first-order chi connectivity index (χ1) is 17.2. The minimum Gasteiger partial charge on any atom is -0.465 e. The van der Waals surface area contributed by atoms with E-state index in [9.17, 15) is 4.79 Å². The molecule has 1 N–H and O–H groups in total.